The Hall–Kier alpha value is -1.03. The second kappa shape index (κ2) is 6.78. The number of halogens is 1. The Balaban J connectivity index is 2.98. The second-order valence-electron chi connectivity index (χ2n) is 4.81. The van der Waals surface area contributed by atoms with Gasteiger partial charge in [0.2, 0.25) is 5.28 Å². The minimum Gasteiger partial charge on any atom is -0.394 e. The molecule has 0 fully saturated rings. The average Bonchev–Trinajstić information content (AvgIpc) is 2.29. The van der Waals surface area contributed by atoms with Gasteiger partial charge in [0.05, 0.1) is 11.4 Å². The van der Waals surface area contributed by atoms with E-state index in [1.165, 1.54) is 12.8 Å². The van der Waals surface area contributed by atoms with Crippen molar-refractivity contribution in [1.29, 1.82) is 0 Å². The third-order valence-electron chi connectivity index (χ3n) is 2.99. The molecule has 0 aromatic carbocycles. The van der Waals surface area contributed by atoms with Crippen LogP contribution < -0.4 is 10.6 Å². The summed E-state index contributed by atoms with van der Waals surface area (Å²) in [5, 5.41) is 0.262. The molecule has 0 bridgehead atoms. The molecular weight excluding hydrogens is 248 g/mol. The fourth-order valence-electron chi connectivity index (χ4n) is 1.89. The van der Waals surface area contributed by atoms with Crippen molar-refractivity contribution >= 4 is 23.1 Å². The van der Waals surface area contributed by atoms with Crippen molar-refractivity contribution in [3.05, 3.63) is 11.0 Å². The van der Waals surface area contributed by atoms with Crippen LogP contribution in [0.5, 0.6) is 0 Å². The maximum absolute atomic E-state index is 6.07. The van der Waals surface area contributed by atoms with E-state index < -0.39 is 0 Å². The molecule has 1 rings (SSSR count). The van der Waals surface area contributed by atoms with Crippen LogP contribution in [0.2, 0.25) is 5.28 Å². The largest absolute Gasteiger partial charge is 0.394 e. The topological polar surface area (TPSA) is 55.0 Å². The van der Waals surface area contributed by atoms with Crippen LogP contribution in [0.3, 0.4) is 0 Å². The standard InChI is InChI=1S/C13H23ClN4/c1-5-6-7-8-18(9(2)3)12-11(15)10(4)16-13(14)17-12/h9H,5-8,15H2,1-4H3. The molecule has 1 aromatic rings. The summed E-state index contributed by atoms with van der Waals surface area (Å²) in [6, 6.07) is 0.342. The Morgan fingerprint density at radius 2 is 1.94 bits per heavy atom. The zero-order chi connectivity index (χ0) is 13.7. The third kappa shape index (κ3) is 3.73. The molecule has 0 aliphatic heterocycles. The van der Waals surface area contributed by atoms with E-state index in [1.54, 1.807) is 0 Å². The number of nitrogen functional groups attached to an aromatic ring is 1. The predicted octanol–water partition coefficient (Wildman–Crippen LogP) is 3.43. The normalized spacial score (nSPS) is 11.0. The van der Waals surface area contributed by atoms with Crippen LogP contribution in [0.15, 0.2) is 0 Å². The minimum absolute atomic E-state index is 0.262. The third-order valence-corrected chi connectivity index (χ3v) is 3.16. The Bertz CT molecular complexity index is 393. The van der Waals surface area contributed by atoms with Gasteiger partial charge >= 0.3 is 0 Å². The van der Waals surface area contributed by atoms with E-state index >= 15 is 0 Å². The molecule has 0 saturated heterocycles. The van der Waals surface area contributed by atoms with Crippen LogP contribution in [0.4, 0.5) is 11.5 Å². The molecule has 0 radical (unpaired) electrons. The van der Waals surface area contributed by atoms with Gasteiger partial charge in [-0.15, -0.1) is 0 Å². The van der Waals surface area contributed by atoms with Gasteiger partial charge in [-0.1, -0.05) is 19.8 Å². The van der Waals surface area contributed by atoms with Gasteiger partial charge in [-0.05, 0) is 38.8 Å². The number of hydrogen-bond acceptors (Lipinski definition) is 4. The van der Waals surface area contributed by atoms with E-state index in [0.717, 1.165) is 24.5 Å². The molecule has 0 atom stereocenters. The molecular formula is C13H23ClN4. The lowest BCUT2D eigenvalue weighted by molar-refractivity contribution is 0.620. The van der Waals surface area contributed by atoms with E-state index in [0.29, 0.717) is 11.7 Å². The number of nitrogens with two attached hydrogens (primary N) is 1. The maximum atomic E-state index is 6.07. The number of hydrogen-bond donors (Lipinski definition) is 1. The summed E-state index contributed by atoms with van der Waals surface area (Å²) >= 11 is 5.93. The monoisotopic (exact) mass is 270 g/mol. The first-order chi connectivity index (χ1) is 8.47. The van der Waals surface area contributed by atoms with Crippen LogP contribution >= 0.6 is 11.6 Å². The molecule has 0 aliphatic rings. The predicted molar refractivity (Wildman–Crippen MR) is 78.2 cm³/mol. The molecule has 0 saturated carbocycles. The van der Waals surface area contributed by atoms with Crippen molar-refractivity contribution in [3.8, 4) is 0 Å². The highest BCUT2D eigenvalue weighted by Crippen LogP contribution is 2.26. The van der Waals surface area contributed by atoms with E-state index in [4.69, 9.17) is 17.3 Å². The molecule has 2 N–H and O–H groups in total. The van der Waals surface area contributed by atoms with Crippen LogP contribution in [-0.4, -0.2) is 22.6 Å². The Morgan fingerprint density at radius 3 is 2.50 bits per heavy atom. The van der Waals surface area contributed by atoms with Gasteiger partial charge in [0.25, 0.3) is 0 Å². The van der Waals surface area contributed by atoms with Gasteiger partial charge in [0.15, 0.2) is 5.82 Å². The molecule has 4 nitrogen and oxygen atoms in total. The van der Waals surface area contributed by atoms with Gasteiger partial charge < -0.3 is 10.6 Å². The molecule has 0 aliphatic carbocycles. The number of unbranched alkanes of at least 4 members (excludes halogenated alkanes) is 2. The van der Waals surface area contributed by atoms with E-state index in [2.05, 4.69) is 35.6 Å². The summed E-state index contributed by atoms with van der Waals surface area (Å²) in [6.07, 6.45) is 3.54. The fraction of sp³-hybridized carbons (Fsp3) is 0.692. The number of aryl methyl sites for hydroxylation is 1. The summed E-state index contributed by atoms with van der Waals surface area (Å²) < 4.78 is 0. The van der Waals surface area contributed by atoms with Crippen LogP contribution in [0.25, 0.3) is 0 Å². The Kier molecular flexibility index (Phi) is 5.66. The molecule has 0 spiro atoms. The van der Waals surface area contributed by atoms with Crippen molar-refractivity contribution < 1.29 is 0 Å². The minimum atomic E-state index is 0.262. The number of nitrogens with zero attached hydrogens (tertiary/aromatic N) is 3. The van der Waals surface area contributed by atoms with E-state index in [1.807, 2.05) is 6.92 Å². The first-order valence-electron chi connectivity index (χ1n) is 6.53. The molecule has 0 amide bonds. The summed E-state index contributed by atoms with van der Waals surface area (Å²) in [7, 11) is 0. The van der Waals surface area contributed by atoms with Crippen molar-refractivity contribution in [2.75, 3.05) is 17.2 Å². The number of aromatic nitrogens is 2. The smallest absolute Gasteiger partial charge is 0.224 e. The second-order valence-corrected chi connectivity index (χ2v) is 5.15. The lowest BCUT2D eigenvalue weighted by Crippen LogP contribution is -2.33. The number of rotatable bonds is 6. The number of anilines is 2. The van der Waals surface area contributed by atoms with Gasteiger partial charge in [0, 0.05) is 12.6 Å². The molecule has 18 heavy (non-hydrogen) atoms. The summed E-state index contributed by atoms with van der Waals surface area (Å²) in [5.74, 6) is 0.763. The molecule has 5 heteroatoms. The maximum Gasteiger partial charge on any atom is 0.224 e. The van der Waals surface area contributed by atoms with Gasteiger partial charge in [-0.3, -0.25) is 0 Å². The zero-order valence-electron chi connectivity index (χ0n) is 11.7. The summed E-state index contributed by atoms with van der Waals surface area (Å²) in [4.78, 5) is 10.6. The van der Waals surface area contributed by atoms with E-state index in [-0.39, 0.29) is 5.28 Å². The van der Waals surface area contributed by atoms with Gasteiger partial charge in [0.1, 0.15) is 0 Å². The lowest BCUT2D eigenvalue weighted by atomic mass is 10.2. The van der Waals surface area contributed by atoms with Crippen LogP contribution in [-0.2, 0) is 0 Å². The first-order valence-corrected chi connectivity index (χ1v) is 6.91. The SMILES string of the molecule is CCCCCN(c1nc(Cl)nc(C)c1N)C(C)C. The van der Waals surface area contributed by atoms with Crippen LogP contribution in [0.1, 0.15) is 45.7 Å². The average molecular weight is 271 g/mol. The highest BCUT2D eigenvalue weighted by molar-refractivity contribution is 6.28. The molecule has 1 aromatic heterocycles. The van der Waals surface area contributed by atoms with Crippen LogP contribution in [0, 0.1) is 6.92 Å². The molecule has 102 valence electrons. The van der Waals surface area contributed by atoms with E-state index in [9.17, 15) is 0 Å². The lowest BCUT2D eigenvalue weighted by Gasteiger charge is -2.29. The zero-order valence-corrected chi connectivity index (χ0v) is 12.5. The molecule has 1 heterocycles. The fourth-order valence-corrected chi connectivity index (χ4v) is 2.10. The van der Waals surface area contributed by atoms with Crippen molar-refractivity contribution in [2.45, 2.75) is 53.0 Å². The van der Waals surface area contributed by atoms with Crippen molar-refractivity contribution in [1.82, 2.24) is 9.97 Å². The van der Waals surface area contributed by atoms with Crippen molar-refractivity contribution in [3.63, 3.8) is 0 Å². The Morgan fingerprint density at radius 1 is 1.28 bits per heavy atom. The summed E-state index contributed by atoms with van der Waals surface area (Å²) in [5.41, 5.74) is 7.44. The summed E-state index contributed by atoms with van der Waals surface area (Å²) in [6.45, 7) is 9.27. The highest BCUT2D eigenvalue weighted by atomic mass is 35.5. The van der Waals surface area contributed by atoms with Crippen molar-refractivity contribution in [2.24, 2.45) is 0 Å². The Labute approximate surface area is 115 Å². The molecule has 0 unspecified atom stereocenters. The van der Waals surface area contributed by atoms with Gasteiger partial charge in [-0.2, -0.15) is 4.98 Å². The first kappa shape index (κ1) is 15.0. The highest BCUT2D eigenvalue weighted by Gasteiger charge is 2.17. The quantitative estimate of drug-likeness (QED) is 0.636. The van der Waals surface area contributed by atoms with Gasteiger partial charge in [-0.25, -0.2) is 4.98 Å².